The Hall–Kier alpha value is -2.45. The molecule has 0 aliphatic rings. The summed E-state index contributed by atoms with van der Waals surface area (Å²) >= 11 is 4.63. The number of thioether (sulfide) groups is 1. The first-order valence-electron chi connectivity index (χ1n) is 9.19. The van der Waals surface area contributed by atoms with E-state index in [2.05, 4.69) is 26.2 Å². The second-order valence-corrected chi connectivity index (χ2v) is 8.15. The van der Waals surface area contributed by atoms with E-state index in [1.54, 1.807) is 47.9 Å². The molecule has 8 heteroatoms. The van der Waals surface area contributed by atoms with Crippen LogP contribution in [0.1, 0.15) is 30.6 Å². The van der Waals surface area contributed by atoms with Crippen LogP contribution >= 0.6 is 27.7 Å². The number of Topliss-reactive ketones (excluding diaryl/α,β-unsaturated/α-hetero) is 1. The number of carbonyl (C=O) groups excluding carboxylic acids is 2. The number of benzene rings is 2. The summed E-state index contributed by atoms with van der Waals surface area (Å²) in [6.07, 6.45) is 0.395. The van der Waals surface area contributed by atoms with Crippen molar-refractivity contribution in [2.75, 3.05) is 11.1 Å². The molecule has 1 N–H and O–H groups in total. The molecule has 1 heterocycles. The second kappa shape index (κ2) is 9.37. The molecule has 1 amide bonds. The van der Waals surface area contributed by atoms with Gasteiger partial charge in [-0.2, -0.15) is 0 Å². The van der Waals surface area contributed by atoms with Gasteiger partial charge in [0.25, 0.3) is 5.56 Å². The van der Waals surface area contributed by atoms with Gasteiger partial charge in [0.15, 0.2) is 10.9 Å². The first-order valence-corrected chi connectivity index (χ1v) is 11.0. The lowest BCUT2D eigenvalue weighted by Crippen LogP contribution is -2.23. The summed E-state index contributed by atoms with van der Waals surface area (Å²) < 4.78 is 2.40. The molecule has 0 aliphatic heterocycles. The van der Waals surface area contributed by atoms with Crippen LogP contribution in [0.15, 0.2) is 56.9 Å². The molecule has 0 fully saturated rings. The van der Waals surface area contributed by atoms with Crippen LogP contribution in [0.2, 0.25) is 0 Å². The van der Waals surface area contributed by atoms with Crippen molar-refractivity contribution in [1.82, 2.24) is 9.55 Å². The summed E-state index contributed by atoms with van der Waals surface area (Å²) in [5.74, 6) is 0.0116. The van der Waals surface area contributed by atoms with Crippen molar-refractivity contribution in [2.45, 2.75) is 32.0 Å². The molecule has 3 rings (SSSR count). The Kier molecular flexibility index (Phi) is 6.87. The van der Waals surface area contributed by atoms with Crippen molar-refractivity contribution in [3.05, 3.63) is 62.9 Å². The third-order valence-corrected chi connectivity index (χ3v) is 5.81. The third kappa shape index (κ3) is 4.94. The normalized spacial score (nSPS) is 10.9. The average molecular weight is 474 g/mol. The van der Waals surface area contributed by atoms with Crippen molar-refractivity contribution in [3.8, 4) is 0 Å². The van der Waals surface area contributed by atoms with Gasteiger partial charge in [0.05, 0.1) is 16.7 Å². The summed E-state index contributed by atoms with van der Waals surface area (Å²) in [6, 6.07) is 12.2. The Balaban J connectivity index is 1.78. The molecule has 150 valence electrons. The van der Waals surface area contributed by atoms with Crippen molar-refractivity contribution in [1.29, 1.82) is 0 Å². The zero-order chi connectivity index (χ0) is 21.0. The predicted octanol–water partition coefficient (Wildman–Crippen LogP) is 4.50. The van der Waals surface area contributed by atoms with Gasteiger partial charge in [-0.3, -0.25) is 19.0 Å². The minimum absolute atomic E-state index is 0.0730. The second-order valence-electron chi connectivity index (χ2n) is 6.30. The van der Waals surface area contributed by atoms with Gasteiger partial charge in [-0.05, 0) is 49.4 Å². The largest absolute Gasteiger partial charge is 0.326 e. The molecule has 0 spiro atoms. The third-order valence-electron chi connectivity index (χ3n) is 4.34. The van der Waals surface area contributed by atoms with E-state index in [0.29, 0.717) is 40.3 Å². The van der Waals surface area contributed by atoms with Crippen LogP contribution in [-0.4, -0.2) is 27.0 Å². The number of amides is 1. The van der Waals surface area contributed by atoms with E-state index in [1.165, 1.54) is 11.8 Å². The predicted molar refractivity (Wildman–Crippen MR) is 120 cm³/mol. The number of ketones is 1. The Bertz CT molecular complexity index is 1130. The summed E-state index contributed by atoms with van der Waals surface area (Å²) in [5, 5.41) is 3.81. The Morgan fingerprint density at radius 3 is 2.52 bits per heavy atom. The van der Waals surface area contributed by atoms with Crippen molar-refractivity contribution < 1.29 is 9.59 Å². The maximum atomic E-state index is 12.8. The molecule has 1 aromatic heterocycles. The highest BCUT2D eigenvalue weighted by molar-refractivity contribution is 9.10. The van der Waals surface area contributed by atoms with Crippen LogP contribution in [0.4, 0.5) is 5.69 Å². The Labute approximate surface area is 180 Å². The van der Waals surface area contributed by atoms with Gasteiger partial charge in [0, 0.05) is 28.7 Å². The van der Waals surface area contributed by atoms with Crippen LogP contribution in [0.3, 0.4) is 0 Å². The zero-order valence-corrected chi connectivity index (χ0v) is 18.5. The molecule has 0 radical (unpaired) electrons. The number of rotatable bonds is 7. The highest BCUT2D eigenvalue weighted by Gasteiger charge is 2.14. The molecular weight excluding hydrogens is 454 g/mol. The smallest absolute Gasteiger partial charge is 0.262 e. The molecule has 6 nitrogen and oxygen atoms in total. The zero-order valence-electron chi connectivity index (χ0n) is 16.1. The molecule has 0 unspecified atom stereocenters. The van der Waals surface area contributed by atoms with E-state index in [-0.39, 0.29) is 23.0 Å². The summed E-state index contributed by atoms with van der Waals surface area (Å²) in [6.45, 7) is 4.12. The fourth-order valence-corrected chi connectivity index (χ4v) is 4.08. The number of halogens is 1. The lowest BCUT2D eigenvalue weighted by Gasteiger charge is -2.11. The van der Waals surface area contributed by atoms with Crippen LogP contribution < -0.4 is 10.9 Å². The molecule has 0 atom stereocenters. The number of anilines is 1. The van der Waals surface area contributed by atoms with Crippen LogP contribution in [-0.2, 0) is 11.3 Å². The van der Waals surface area contributed by atoms with E-state index in [0.717, 1.165) is 4.47 Å². The van der Waals surface area contributed by atoms with Crippen LogP contribution in [0.5, 0.6) is 0 Å². The van der Waals surface area contributed by atoms with E-state index < -0.39 is 0 Å². The van der Waals surface area contributed by atoms with E-state index in [4.69, 9.17) is 0 Å². The summed E-state index contributed by atoms with van der Waals surface area (Å²) in [4.78, 5) is 41.4. The minimum Gasteiger partial charge on any atom is -0.326 e. The molecule has 29 heavy (non-hydrogen) atoms. The Morgan fingerprint density at radius 2 is 1.86 bits per heavy atom. The van der Waals surface area contributed by atoms with Crippen molar-refractivity contribution in [2.24, 2.45) is 0 Å². The first kappa shape index (κ1) is 21.3. The van der Waals surface area contributed by atoms with E-state index in [1.807, 2.05) is 13.0 Å². The van der Waals surface area contributed by atoms with E-state index >= 15 is 0 Å². The first-order chi connectivity index (χ1) is 13.9. The fraction of sp³-hybridized carbons (Fsp3) is 0.238. The standard InChI is InChI=1S/C21H20BrN3O3S/c1-3-19(27)23-15-8-5-13(6-9-15)18(26)12-29-21-24-17-10-7-14(22)11-16(17)20(28)25(21)4-2/h5-11H,3-4,12H2,1-2H3,(H,23,27). The van der Waals surface area contributed by atoms with Crippen molar-refractivity contribution in [3.63, 3.8) is 0 Å². The highest BCUT2D eigenvalue weighted by atomic mass is 79.9. The maximum Gasteiger partial charge on any atom is 0.262 e. The molecular formula is C21H20BrN3O3S. The van der Waals surface area contributed by atoms with Gasteiger partial charge in [-0.15, -0.1) is 0 Å². The van der Waals surface area contributed by atoms with Crippen LogP contribution in [0, 0.1) is 0 Å². The number of fused-ring (bicyclic) bond motifs is 1. The molecule has 0 saturated heterocycles. The number of nitrogens with one attached hydrogen (secondary N) is 1. The van der Waals surface area contributed by atoms with Gasteiger partial charge in [0.2, 0.25) is 5.91 Å². The SMILES string of the molecule is CCC(=O)Nc1ccc(C(=O)CSc2nc3ccc(Br)cc3c(=O)n2CC)cc1. The fourth-order valence-electron chi connectivity index (χ4n) is 2.76. The van der Waals surface area contributed by atoms with Gasteiger partial charge < -0.3 is 5.32 Å². The number of aromatic nitrogens is 2. The molecule has 0 saturated carbocycles. The monoisotopic (exact) mass is 473 g/mol. The van der Waals surface area contributed by atoms with E-state index in [9.17, 15) is 14.4 Å². The van der Waals surface area contributed by atoms with Gasteiger partial charge in [-0.25, -0.2) is 4.98 Å². The summed E-state index contributed by atoms with van der Waals surface area (Å²) in [5.41, 5.74) is 1.68. The summed E-state index contributed by atoms with van der Waals surface area (Å²) in [7, 11) is 0. The molecule has 0 bridgehead atoms. The highest BCUT2D eigenvalue weighted by Crippen LogP contribution is 2.22. The Morgan fingerprint density at radius 1 is 1.14 bits per heavy atom. The van der Waals surface area contributed by atoms with Gasteiger partial charge in [-0.1, -0.05) is 34.6 Å². The van der Waals surface area contributed by atoms with Gasteiger partial charge >= 0.3 is 0 Å². The number of hydrogen-bond donors (Lipinski definition) is 1. The number of carbonyl (C=O) groups is 2. The van der Waals surface area contributed by atoms with Gasteiger partial charge in [0.1, 0.15) is 0 Å². The van der Waals surface area contributed by atoms with Crippen LogP contribution in [0.25, 0.3) is 10.9 Å². The van der Waals surface area contributed by atoms with Crippen molar-refractivity contribution >= 4 is 56.0 Å². The quantitative estimate of drug-likeness (QED) is 0.310. The lowest BCUT2D eigenvalue weighted by molar-refractivity contribution is -0.115. The maximum absolute atomic E-state index is 12.8. The number of nitrogens with zero attached hydrogens (tertiary/aromatic N) is 2. The molecule has 3 aromatic rings. The molecule has 0 aliphatic carbocycles. The average Bonchev–Trinajstić information content (AvgIpc) is 2.73. The lowest BCUT2D eigenvalue weighted by atomic mass is 10.1. The minimum atomic E-state index is -0.121. The molecule has 2 aromatic carbocycles. The topological polar surface area (TPSA) is 81.1 Å². The number of hydrogen-bond acceptors (Lipinski definition) is 5.